The lowest BCUT2D eigenvalue weighted by Gasteiger charge is -1.96. The highest BCUT2D eigenvalue weighted by Gasteiger charge is 2.05. The molecular weight excluding hydrogens is 278 g/mol. The summed E-state index contributed by atoms with van der Waals surface area (Å²) in [6.45, 7) is 0. The van der Waals surface area contributed by atoms with Gasteiger partial charge in [-0.3, -0.25) is 20.2 Å². The van der Waals surface area contributed by atoms with Gasteiger partial charge in [0.1, 0.15) is 0 Å². The SMILES string of the molecule is COc1n[nH]c(NC(=O)/C=C/c2ccc([N+](=O)[O-])cc2)n1. The van der Waals surface area contributed by atoms with Gasteiger partial charge in [0.25, 0.3) is 11.6 Å². The quantitative estimate of drug-likeness (QED) is 0.487. The number of methoxy groups -OCH3 is 1. The Labute approximate surface area is 118 Å². The molecule has 1 aromatic heterocycles. The van der Waals surface area contributed by atoms with Crippen molar-refractivity contribution in [1.29, 1.82) is 0 Å². The molecule has 9 heteroatoms. The van der Waals surface area contributed by atoms with E-state index in [1.54, 1.807) is 12.1 Å². The molecule has 2 aromatic rings. The summed E-state index contributed by atoms with van der Waals surface area (Å²) in [6, 6.07) is 5.92. The van der Waals surface area contributed by atoms with E-state index in [1.165, 1.54) is 31.4 Å². The number of hydrogen-bond donors (Lipinski definition) is 2. The van der Waals surface area contributed by atoms with Gasteiger partial charge in [-0.15, -0.1) is 5.10 Å². The van der Waals surface area contributed by atoms with E-state index in [1.807, 2.05) is 0 Å². The fourth-order valence-corrected chi connectivity index (χ4v) is 1.43. The van der Waals surface area contributed by atoms with Crippen molar-refractivity contribution in [2.75, 3.05) is 12.4 Å². The van der Waals surface area contributed by atoms with Crippen LogP contribution >= 0.6 is 0 Å². The Hall–Kier alpha value is -3.23. The number of H-pyrrole nitrogens is 1. The van der Waals surface area contributed by atoms with Crippen molar-refractivity contribution in [3.8, 4) is 6.01 Å². The number of nitrogens with zero attached hydrogens (tertiary/aromatic N) is 3. The molecule has 0 saturated carbocycles. The maximum Gasteiger partial charge on any atom is 0.336 e. The van der Waals surface area contributed by atoms with Crippen LogP contribution in [0, 0.1) is 10.1 Å². The number of nitro groups is 1. The molecule has 0 aliphatic carbocycles. The monoisotopic (exact) mass is 289 g/mol. The molecule has 0 atom stereocenters. The zero-order valence-corrected chi connectivity index (χ0v) is 10.9. The van der Waals surface area contributed by atoms with Gasteiger partial charge in [-0.2, -0.15) is 4.98 Å². The van der Waals surface area contributed by atoms with Crippen molar-refractivity contribution >= 4 is 23.6 Å². The molecule has 0 saturated heterocycles. The number of carbonyl (C=O) groups is 1. The smallest absolute Gasteiger partial charge is 0.336 e. The van der Waals surface area contributed by atoms with E-state index in [2.05, 4.69) is 20.5 Å². The van der Waals surface area contributed by atoms with Crippen LogP contribution in [-0.4, -0.2) is 33.1 Å². The lowest BCUT2D eigenvalue weighted by atomic mass is 10.2. The minimum atomic E-state index is -0.489. The van der Waals surface area contributed by atoms with Gasteiger partial charge in [-0.25, -0.2) is 5.10 Å². The van der Waals surface area contributed by atoms with Gasteiger partial charge in [0.05, 0.1) is 12.0 Å². The molecule has 0 fully saturated rings. The maximum absolute atomic E-state index is 11.6. The molecule has 2 rings (SSSR count). The van der Waals surface area contributed by atoms with Gasteiger partial charge in [0, 0.05) is 18.2 Å². The number of benzene rings is 1. The van der Waals surface area contributed by atoms with Crippen molar-refractivity contribution in [3.63, 3.8) is 0 Å². The Morgan fingerprint density at radius 1 is 1.43 bits per heavy atom. The third kappa shape index (κ3) is 3.86. The Kier molecular flexibility index (Phi) is 4.24. The number of rotatable bonds is 5. The molecule has 1 heterocycles. The minimum Gasteiger partial charge on any atom is -0.466 e. The number of hydrogen-bond acceptors (Lipinski definition) is 6. The van der Waals surface area contributed by atoms with E-state index in [9.17, 15) is 14.9 Å². The number of carbonyl (C=O) groups excluding carboxylic acids is 1. The van der Waals surface area contributed by atoms with E-state index < -0.39 is 10.8 Å². The fraction of sp³-hybridized carbons (Fsp3) is 0.0833. The summed E-state index contributed by atoms with van der Waals surface area (Å²) >= 11 is 0. The first-order valence-electron chi connectivity index (χ1n) is 5.78. The summed E-state index contributed by atoms with van der Waals surface area (Å²) in [5.41, 5.74) is 0.649. The lowest BCUT2D eigenvalue weighted by Crippen LogP contribution is -2.09. The average Bonchev–Trinajstić information content (AvgIpc) is 2.93. The highest BCUT2D eigenvalue weighted by Crippen LogP contribution is 2.13. The molecule has 9 nitrogen and oxygen atoms in total. The van der Waals surface area contributed by atoms with Crippen LogP contribution < -0.4 is 10.1 Å². The van der Waals surface area contributed by atoms with Crippen LogP contribution in [0.1, 0.15) is 5.56 Å². The average molecular weight is 289 g/mol. The van der Waals surface area contributed by atoms with Crippen LogP contribution in [0.4, 0.5) is 11.6 Å². The number of anilines is 1. The minimum absolute atomic E-state index is 0.00893. The van der Waals surface area contributed by atoms with Gasteiger partial charge in [0.15, 0.2) is 0 Å². The number of non-ortho nitro benzene ring substituents is 1. The van der Waals surface area contributed by atoms with Crippen molar-refractivity contribution in [1.82, 2.24) is 15.2 Å². The molecule has 1 amide bonds. The predicted molar refractivity (Wildman–Crippen MR) is 73.7 cm³/mol. The Morgan fingerprint density at radius 3 is 2.71 bits per heavy atom. The number of ether oxygens (including phenoxy) is 1. The van der Waals surface area contributed by atoms with Crippen molar-refractivity contribution in [3.05, 3.63) is 46.0 Å². The number of nitrogens with one attached hydrogen (secondary N) is 2. The standard InChI is InChI=1S/C12H11N5O4/c1-21-12-14-11(15-16-12)13-10(18)7-4-8-2-5-9(6-3-8)17(19)20/h2-7H,1H3,(H2,13,14,15,16,18)/b7-4+. The topological polar surface area (TPSA) is 123 Å². The summed E-state index contributed by atoms with van der Waals surface area (Å²) < 4.78 is 4.76. The van der Waals surface area contributed by atoms with E-state index in [0.717, 1.165) is 0 Å². The molecule has 0 spiro atoms. The first-order valence-corrected chi connectivity index (χ1v) is 5.78. The predicted octanol–water partition coefficient (Wildman–Crippen LogP) is 1.37. The second kappa shape index (κ2) is 6.28. The van der Waals surface area contributed by atoms with Crippen molar-refractivity contribution < 1.29 is 14.5 Å². The number of amides is 1. The largest absolute Gasteiger partial charge is 0.466 e. The zero-order valence-electron chi connectivity index (χ0n) is 10.9. The molecule has 1 aromatic carbocycles. The van der Waals surface area contributed by atoms with Gasteiger partial charge in [0.2, 0.25) is 5.95 Å². The fourth-order valence-electron chi connectivity index (χ4n) is 1.43. The van der Waals surface area contributed by atoms with E-state index in [4.69, 9.17) is 4.74 Å². The van der Waals surface area contributed by atoms with Crippen LogP contribution in [0.15, 0.2) is 30.3 Å². The van der Waals surface area contributed by atoms with Crippen LogP contribution in [-0.2, 0) is 4.79 Å². The molecule has 0 unspecified atom stereocenters. The third-order valence-corrected chi connectivity index (χ3v) is 2.42. The van der Waals surface area contributed by atoms with Crippen molar-refractivity contribution in [2.45, 2.75) is 0 Å². The van der Waals surface area contributed by atoms with Gasteiger partial charge in [-0.05, 0) is 23.8 Å². The van der Waals surface area contributed by atoms with Crippen LogP contribution in [0.25, 0.3) is 6.08 Å². The molecule has 0 bridgehead atoms. The zero-order chi connectivity index (χ0) is 15.2. The van der Waals surface area contributed by atoms with Gasteiger partial charge < -0.3 is 4.74 Å². The van der Waals surface area contributed by atoms with Gasteiger partial charge >= 0.3 is 6.01 Å². The molecule has 0 radical (unpaired) electrons. The summed E-state index contributed by atoms with van der Waals surface area (Å²) in [5.74, 6) is -0.266. The highest BCUT2D eigenvalue weighted by atomic mass is 16.6. The lowest BCUT2D eigenvalue weighted by molar-refractivity contribution is -0.384. The van der Waals surface area contributed by atoms with Crippen LogP contribution in [0.3, 0.4) is 0 Å². The number of aromatic amines is 1. The van der Waals surface area contributed by atoms with Crippen LogP contribution in [0.2, 0.25) is 0 Å². The first-order chi connectivity index (χ1) is 10.1. The molecule has 2 N–H and O–H groups in total. The first kappa shape index (κ1) is 14.2. The molecule has 0 aliphatic rings. The van der Waals surface area contributed by atoms with Crippen molar-refractivity contribution in [2.24, 2.45) is 0 Å². The Bertz CT molecular complexity index is 677. The summed E-state index contributed by atoms with van der Waals surface area (Å²) in [5, 5.41) is 19.1. The normalized spacial score (nSPS) is 10.5. The van der Waals surface area contributed by atoms with E-state index >= 15 is 0 Å². The van der Waals surface area contributed by atoms with Crippen LogP contribution in [0.5, 0.6) is 6.01 Å². The van der Waals surface area contributed by atoms with Gasteiger partial charge in [-0.1, -0.05) is 0 Å². The maximum atomic E-state index is 11.6. The summed E-state index contributed by atoms with van der Waals surface area (Å²) in [4.78, 5) is 25.5. The van der Waals surface area contributed by atoms with E-state index in [0.29, 0.717) is 5.56 Å². The molecule has 0 aliphatic heterocycles. The third-order valence-electron chi connectivity index (χ3n) is 2.42. The second-order valence-corrected chi connectivity index (χ2v) is 3.84. The molecule has 21 heavy (non-hydrogen) atoms. The summed E-state index contributed by atoms with van der Waals surface area (Å²) in [7, 11) is 1.41. The molecular formula is C12H11N5O4. The van der Waals surface area contributed by atoms with E-state index in [-0.39, 0.29) is 17.6 Å². The molecule has 108 valence electrons. The second-order valence-electron chi connectivity index (χ2n) is 3.84. The highest BCUT2D eigenvalue weighted by molar-refractivity contribution is 6.00. The number of nitro benzene ring substituents is 1. The summed E-state index contributed by atoms with van der Waals surface area (Å²) in [6.07, 6.45) is 2.79. The Morgan fingerprint density at radius 2 is 2.14 bits per heavy atom. The number of aromatic nitrogens is 3. The Balaban J connectivity index is 1.96.